The third-order valence-corrected chi connectivity index (χ3v) is 7.23. The Hall–Kier alpha value is -2.51. The number of benzene rings is 2. The number of hydrogen-bond acceptors (Lipinski definition) is 6. The lowest BCUT2D eigenvalue weighted by atomic mass is 9.96. The van der Waals surface area contributed by atoms with Gasteiger partial charge in [0, 0.05) is 24.7 Å². The summed E-state index contributed by atoms with van der Waals surface area (Å²) >= 11 is 3.40. The Bertz CT molecular complexity index is 1120. The molecule has 2 aromatic carbocycles. The van der Waals surface area contributed by atoms with Gasteiger partial charge in [0.05, 0.1) is 25.4 Å². The molecule has 5 nitrogen and oxygen atoms in total. The summed E-state index contributed by atoms with van der Waals surface area (Å²) in [4.78, 5) is 24.3. The predicted molar refractivity (Wildman–Crippen MR) is 118 cm³/mol. The molecule has 1 aliphatic heterocycles. The normalized spacial score (nSPS) is 15.4. The van der Waals surface area contributed by atoms with Crippen molar-refractivity contribution in [1.29, 1.82) is 0 Å². The van der Waals surface area contributed by atoms with E-state index in [1.807, 2.05) is 37.3 Å². The maximum absolute atomic E-state index is 12.7. The van der Waals surface area contributed by atoms with E-state index in [1.165, 1.54) is 4.70 Å². The number of amides is 1. The summed E-state index contributed by atoms with van der Waals surface area (Å²) < 4.78 is 2.37. The number of nitrogens with one attached hydrogen (secondary N) is 1. The zero-order valence-corrected chi connectivity index (χ0v) is 17.1. The van der Waals surface area contributed by atoms with Gasteiger partial charge in [-0.2, -0.15) is 0 Å². The number of para-hydroxylation sites is 1. The van der Waals surface area contributed by atoms with Crippen molar-refractivity contribution in [3.05, 3.63) is 47.5 Å². The summed E-state index contributed by atoms with van der Waals surface area (Å²) in [6, 6.07) is 14.2. The monoisotopic (exact) mass is 408 g/mol. The lowest BCUT2D eigenvalue weighted by Crippen LogP contribution is -2.38. The molecule has 1 N–H and O–H groups in total. The van der Waals surface area contributed by atoms with Crippen molar-refractivity contribution in [2.75, 3.05) is 23.3 Å². The number of aromatic nitrogens is 2. The Labute approximate surface area is 171 Å². The molecule has 142 valence electrons. The second-order valence-electron chi connectivity index (χ2n) is 7.13. The fraction of sp³-hybridized carbons (Fsp3) is 0.286. The molecular weight excluding hydrogens is 388 g/mol. The number of rotatable bonds is 3. The first-order valence-electron chi connectivity index (χ1n) is 9.44. The number of hydrogen-bond donors (Lipinski definition) is 1. The molecule has 28 heavy (non-hydrogen) atoms. The van der Waals surface area contributed by atoms with Crippen LogP contribution in [0.1, 0.15) is 17.8 Å². The van der Waals surface area contributed by atoms with Gasteiger partial charge < -0.3 is 10.2 Å². The molecule has 1 aliphatic rings. The molecule has 0 radical (unpaired) electrons. The molecule has 0 aliphatic carbocycles. The van der Waals surface area contributed by atoms with Gasteiger partial charge in [-0.15, -0.1) is 11.3 Å². The molecule has 0 bridgehead atoms. The third kappa shape index (κ3) is 3.36. The van der Waals surface area contributed by atoms with Crippen LogP contribution in [0.5, 0.6) is 0 Å². The molecule has 1 fully saturated rings. The van der Waals surface area contributed by atoms with Crippen LogP contribution in [0.4, 0.5) is 10.8 Å². The van der Waals surface area contributed by atoms with Crippen LogP contribution in [0.2, 0.25) is 0 Å². The molecule has 5 rings (SSSR count). The number of carbonyl (C=O) groups excluding carboxylic acids is 1. The van der Waals surface area contributed by atoms with E-state index < -0.39 is 0 Å². The van der Waals surface area contributed by atoms with Gasteiger partial charge >= 0.3 is 0 Å². The highest BCUT2D eigenvalue weighted by Crippen LogP contribution is 2.32. The highest BCUT2D eigenvalue weighted by molar-refractivity contribution is 7.22. The van der Waals surface area contributed by atoms with Crippen LogP contribution in [0.25, 0.3) is 20.4 Å². The number of nitrogens with zero attached hydrogens (tertiary/aromatic N) is 3. The molecule has 0 saturated carbocycles. The van der Waals surface area contributed by atoms with Gasteiger partial charge in [-0.25, -0.2) is 9.97 Å². The van der Waals surface area contributed by atoms with E-state index in [1.54, 1.807) is 22.7 Å². The molecule has 4 aromatic rings. The Kier molecular flexibility index (Phi) is 4.49. The van der Waals surface area contributed by atoms with Crippen LogP contribution in [0, 0.1) is 12.8 Å². The van der Waals surface area contributed by atoms with Gasteiger partial charge in [0.25, 0.3) is 0 Å². The van der Waals surface area contributed by atoms with E-state index >= 15 is 0 Å². The Morgan fingerprint density at radius 3 is 2.64 bits per heavy atom. The SMILES string of the molecule is Cc1nc2cc(NC(=O)C3CCN(c4nc5ccccc5s4)CC3)ccc2s1. The van der Waals surface area contributed by atoms with Gasteiger partial charge in [-0.3, -0.25) is 4.79 Å². The minimum Gasteiger partial charge on any atom is -0.348 e. The number of thiazole rings is 2. The zero-order valence-electron chi connectivity index (χ0n) is 15.5. The average Bonchev–Trinajstić information content (AvgIpc) is 3.30. The first-order chi connectivity index (χ1) is 13.7. The third-order valence-electron chi connectivity index (χ3n) is 5.18. The molecule has 3 heterocycles. The van der Waals surface area contributed by atoms with E-state index in [2.05, 4.69) is 27.3 Å². The first-order valence-corrected chi connectivity index (χ1v) is 11.1. The molecular formula is C21H20N4OS2. The summed E-state index contributed by atoms with van der Waals surface area (Å²) in [5.41, 5.74) is 2.83. The topological polar surface area (TPSA) is 58.1 Å². The van der Waals surface area contributed by atoms with Crippen LogP contribution >= 0.6 is 22.7 Å². The highest BCUT2D eigenvalue weighted by atomic mass is 32.1. The van der Waals surface area contributed by atoms with Gasteiger partial charge in [-0.1, -0.05) is 23.5 Å². The lowest BCUT2D eigenvalue weighted by molar-refractivity contribution is -0.120. The van der Waals surface area contributed by atoms with Crippen LogP contribution in [-0.2, 0) is 4.79 Å². The van der Waals surface area contributed by atoms with Crippen molar-refractivity contribution < 1.29 is 4.79 Å². The van der Waals surface area contributed by atoms with Gasteiger partial charge in [0.15, 0.2) is 5.13 Å². The molecule has 7 heteroatoms. The van der Waals surface area contributed by atoms with Crippen LogP contribution < -0.4 is 10.2 Å². The van der Waals surface area contributed by atoms with Crippen molar-refractivity contribution in [3.8, 4) is 0 Å². The summed E-state index contributed by atoms with van der Waals surface area (Å²) in [6.07, 6.45) is 1.69. The van der Waals surface area contributed by atoms with Crippen molar-refractivity contribution in [2.24, 2.45) is 5.92 Å². The van der Waals surface area contributed by atoms with Gasteiger partial charge in [-0.05, 0) is 50.1 Å². The summed E-state index contributed by atoms with van der Waals surface area (Å²) in [5.74, 6) is 0.147. The maximum atomic E-state index is 12.7. The Balaban J connectivity index is 1.23. The van der Waals surface area contributed by atoms with Crippen molar-refractivity contribution in [3.63, 3.8) is 0 Å². The van der Waals surface area contributed by atoms with Crippen LogP contribution in [0.3, 0.4) is 0 Å². The van der Waals surface area contributed by atoms with E-state index in [0.29, 0.717) is 0 Å². The molecule has 1 amide bonds. The van der Waals surface area contributed by atoms with Crippen molar-refractivity contribution in [1.82, 2.24) is 9.97 Å². The van der Waals surface area contributed by atoms with Gasteiger partial charge in [0.2, 0.25) is 5.91 Å². The summed E-state index contributed by atoms with van der Waals surface area (Å²) in [5, 5.41) is 5.19. The van der Waals surface area contributed by atoms with E-state index in [0.717, 1.165) is 57.5 Å². The quantitative estimate of drug-likeness (QED) is 0.514. The number of fused-ring (bicyclic) bond motifs is 2. The zero-order chi connectivity index (χ0) is 19.1. The van der Waals surface area contributed by atoms with Crippen LogP contribution in [-0.4, -0.2) is 29.0 Å². The smallest absolute Gasteiger partial charge is 0.227 e. The van der Waals surface area contributed by atoms with E-state index in [4.69, 9.17) is 4.98 Å². The van der Waals surface area contributed by atoms with Crippen molar-refractivity contribution in [2.45, 2.75) is 19.8 Å². The molecule has 0 spiro atoms. The number of aryl methyl sites for hydroxylation is 1. The molecule has 1 saturated heterocycles. The standard InChI is InChI=1S/C21H20N4OS2/c1-13-22-17-12-15(6-7-19(17)27-13)23-20(26)14-8-10-25(11-9-14)21-24-16-4-2-3-5-18(16)28-21/h2-7,12,14H,8-11H2,1H3,(H,23,26). The Morgan fingerprint density at radius 2 is 1.82 bits per heavy atom. The molecule has 2 aromatic heterocycles. The number of piperidine rings is 1. The fourth-order valence-electron chi connectivity index (χ4n) is 3.69. The highest BCUT2D eigenvalue weighted by Gasteiger charge is 2.26. The minimum absolute atomic E-state index is 0.0403. The minimum atomic E-state index is 0.0403. The van der Waals surface area contributed by atoms with Gasteiger partial charge in [0.1, 0.15) is 0 Å². The summed E-state index contributed by atoms with van der Waals surface area (Å²) in [7, 11) is 0. The fourth-order valence-corrected chi connectivity index (χ4v) is 5.52. The van der Waals surface area contributed by atoms with Crippen LogP contribution in [0.15, 0.2) is 42.5 Å². The first kappa shape index (κ1) is 17.6. The molecule has 0 unspecified atom stereocenters. The van der Waals surface area contributed by atoms with E-state index in [9.17, 15) is 4.79 Å². The van der Waals surface area contributed by atoms with Crippen molar-refractivity contribution >= 4 is 59.8 Å². The second-order valence-corrected chi connectivity index (χ2v) is 9.37. The predicted octanol–water partition coefficient (Wildman–Crippen LogP) is 5.07. The largest absolute Gasteiger partial charge is 0.348 e. The number of anilines is 2. The lowest BCUT2D eigenvalue weighted by Gasteiger charge is -2.31. The van der Waals surface area contributed by atoms with E-state index in [-0.39, 0.29) is 11.8 Å². The second kappa shape index (κ2) is 7.14. The summed E-state index contributed by atoms with van der Waals surface area (Å²) in [6.45, 7) is 3.73. The average molecular weight is 409 g/mol. The molecule has 0 atom stereocenters. The number of carbonyl (C=O) groups is 1. The maximum Gasteiger partial charge on any atom is 0.227 e. The Morgan fingerprint density at radius 1 is 1.04 bits per heavy atom.